The van der Waals surface area contributed by atoms with Gasteiger partial charge in [0.15, 0.2) is 11.9 Å². The first-order chi connectivity index (χ1) is 19.4. The van der Waals surface area contributed by atoms with Gasteiger partial charge in [-0.1, -0.05) is 90.4 Å². The SMILES string of the molecule is CC(C)CSc1nnc(COc2ccccc2C2=NOC(c3ccc(Cl)cc3Cl)C2)n1NC(=O)c1ccccc1. The molecule has 1 aliphatic heterocycles. The van der Waals surface area contributed by atoms with Crippen LogP contribution in [0.15, 0.2) is 83.1 Å². The third-order valence-electron chi connectivity index (χ3n) is 6.03. The summed E-state index contributed by atoms with van der Waals surface area (Å²) in [6.45, 7) is 4.32. The Kier molecular flexibility index (Phi) is 8.94. The first-order valence-electron chi connectivity index (χ1n) is 12.7. The molecule has 0 bridgehead atoms. The lowest BCUT2D eigenvalue weighted by atomic mass is 9.99. The minimum absolute atomic E-state index is 0.0713. The molecular weight excluding hydrogens is 569 g/mol. The molecular formula is C29H27Cl2N5O3S. The number of nitrogens with one attached hydrogen (secondary N) is 1. The number of thioether (sulfide) groups is 1. The summed E-state index contributed by atoms with van der Waals surface area (Å²) in [5.41, 5.74) is 5.80. The van der Waals surface area contributed by atoms with Crippen LogP contribution >= 0.6 is 35.0 Å². The number of ether oxygens (including phenoxy) is 1. The molecule has 0 saturated heterocycles. The van der Waals surface area contributed by atoms with E-state index >= 15 is 0 Å². The molecule has 206 valence electrons. The summed E-state index contributed by atoms with van der Waals surface area (Å²) in [5.74, 6) is 2.06. The number of para-hydroxylation sites is 1. The molecule has 1 amide bonds. The summed E-state index contributed by atoms with van der Waals surface area (Å²) in [7, 11) is 0. The highest BCUT2D eigenvalue weighted by molar-refractivity contribution is 7.99. The minimum Gasteiger partial charge on any atom is -0.485 e. The second kappa shape index (κ2) is 12.8. The predicted molar refractivity (Wildman–Crippen MR) is 158 cm³/mol. The van der Waals surface area contributed by atoms with E-state index in [-0.39, 0.29) is 18.6 Å². The van der Waals surface area contributed by atoms with Gasteiger partial charge in [-0.05, 0) is 42.3 Å². The van der Waals surface area contributed by atoms with Crippen molar-refractivity contribution in [2.45, 2.75) is 38.1 Å². The molecule has 5 rings (SSSR count). The molecule has 40 heavy (non-hydrogen) atoms. The monoisotopic (exact) mass is 595 g/mol. The predicted octanol–water partition coefficient (Wildman–Crippen LogP) is 7.16. The van der Waals surface area contributed by atoms with Crippen molar-refractivity contribution in [2.75, 3.05) is 11.2 Å². The van der Waals surface area contributed by atoms with Crippen molar-refractivity contribution in [2.24, 2.45) is 11.1 Å². The van der Waals surface area contributed by atoms with E-state index in [0.29, 0.717) is 44.7 Å². The number of hydrogen-bond acceptors (Lipinski definition) is 7. The average molecular weight is 597 g/mol. The fraction of sp³-hybridized carbons (Fsp3) is 0.241. The number of benzene rings is 3. The number of halogens is 2. The maximum Gasteiger partial charge on any atom is 0.270 e. The Balaban J connectivity index is 1.33. The fourth-order valence-electron chi connectivity index (χ4n) is 4.04. The number of carbonyl (C=O) groups is 1. The van der Waals surface area contributed by atoms with Crippen LogP contribution in [0.4, 0.5) is 0 Å². The quantitative estimate of drug-likeness (QED) is 0.195. The first kappa shape index (κ1) is 28.0. The second-order valence-electron chi connectivity index (χ2n) is 9.53. The summed E-state index contributed by atoms with van der Waals surface area (Å²) >= 11 is 14.0. The zero-order valence-electron chi connectivity index (χ0n) is 21.9. The number of oxime groups is 1. The molecule has 3 aromatic carbocycles. The zero-order chi connectivity index (χ0) is 28.1. The lowest BCUT2D eigenvalue weighted by Gasteiger charge is -2.14. The Hall–Kier alpha value is -3.53. The van der Waals surface area contributed by atoms with Gasteiger partial charge in [0, 0.05) is 38.9 Å². The van der Waals surface area contributed by atoms with Crippen molar-refractivity contribution in [1.82, 2.24) is 14.9 Å². The molecule has 0 radical (unpaired) electrons. The maximum atomic E-state index is 13.0. The van der Waals surface area contributed by atoms with Crippen molar-refractivity contribution in [3.8, 4) is 5.75 Å². The van der Waals surface area contributed by atoms with Crippen LogP contribution < -0.4 is 10.2 Å². The summed E-state index contributed by atoms with van der Waals surface area (Å²) in [4.78, 5) is 18.7. The number of nitrogens with zero attached hydrogens (tertiary/aromatic N) is 4. The van der Waals surface area contributed by atoms with E-state index in [2.05, 4.69) is 34.6 Å². The largest absolute Gasteiger partial charge is 0.485 e. The highest BCUT2D eigenvalue weighted by Crippen LogP contribution is 2.36. The van der Waals surface area contributed by atoms with Crippen LogP contribution in [0.2, 0.25) is 10.0 Å². The smallest absolute Gasteiger partial charge is 0.270 e. The van der Waals surface area contributed by atoms with E-state index in [1.807, 2.05) is 48.5 Å². The molecule has 1 aliphatic rings. The topological polar surface area (TPSA) is 90.6 Å². The van der Waals surface area contributed by atoms with Crippen LogP contribution in [0.25, 0.3) is 0 Å². The van der Waals surface area contributed by atoms with Gasteiger partial charge in [0.25, 0.3) is 5.91 Å². The molecule has 1 atom stereocenters. The van der Waals surface area contributed by atoms with Gasteiger partial charge in [0.2, 0.25) is 5.16 Å². The summed E-state index contributed by atoms with van der Waals surface area (Å²) < 4.78 is 7.82. The van der Waals surface area contributed by atoms with E-state index in [9.17, 15) is 4.79 Å². The second-order valence-corrected chi connectivity index (χ2v) is 11.4. The minimum atomic E-state index is -0.329. The molecule has 1 aromatic heterocycles. The van der Waals surface area contributed by atoms with Gasteiger partial charge in [-0.2, -0.15) is 0 Å². The average Bonchev–Trinajstić information content (AvgIpc) is 3.59. The molecule has 0 spiro atoms. The fourth-order valence-corrected chi connectivity index (χ4v) is 5.43. The molecule has 0 saturated carbocycles. The van der Waals surface area contributed by atoms with E-state index in [1.165, 1.54) is 11.8 Å². The molecule has 0 fully saturated rings. The molecule has 1 unspecified atom stereocenters. The van der Waals surface area contributed by atoms with E-state index in [0.717, 1.165) is 22.6 Å². The Morgan fingerprint density at radius 1 is 1.10 bits per heavy atom. The van der Waals surface area contributed by atoms with E-state index in [1.54, 1.807) is 28.9 Å². The molecule has 1 N–H and O–H groups in total. The normalized spacial score (nSPS) is 14.6. The van der Waals surface area contributed by atoms with Gasteiger partial charge in [-0.25, -0.2) is 4.68 Å². The van der Waals surface area contributed by atoms with Crippen molar-refractivity contribution in [3.63, 3.8) is 0 Å². The summed E-state index contributed by atoms with van der Waals surface area (Å²) in [6.07, 6.45) is 0.186. The Morgan fingerprint density at radius 3 is 2.65 bits per heavy atom. The van der Waals surface area contributed by atoms with Crippen molar-refractivity contribution in [1.29, 1.82) is 0 Å². The lowest BCUT2D eigenvalue weighted by molar-refractivity contribution is 0.0858. The van der Waals surface area contributed by atoms with Crippen molar-refractivity contribution in [3.05, 3.63) is 105 Å². The Labute approximate surface area is 246 Å². The zero-order valence-corrected chi connectivity index (χ0v) is 24.2. The van der Waals surface area contributed by atoms with Crippen LogP contribution in [0.5, 0.6) is 5.75 Å². The van der Waals surface area contributed by atoms with Crippen molar-refractivity contribution >= 4 is 46.6 Å². The van der Waals surface area contributed by atoms with Crippen LogP contribution in [0.1, 0.15) is 53.7 Å². The molecule has 0 aliphatic carbocycles. The molecule has 8 nitrogen and oxygen atoms in total. The number of rotatable bonds is 10. The van der Waals surface area contributed by atoms with Gasteiger partial charge in [0.1, 0.15) is 12.4 Å². The number of hydrogen-bond donors (Lipinski definition) is 1. The molecule has 2 heterocycles. The first-order valence-corrected chi connectivity index (χ1v) is 14.5. The summed E-state index contributed by atoms with van der Waals surface area (Å²) in [6, 6.07) is 21.9. The Morgan fingerprint density at radius 2 is 1.88 bits per heavy atom. The number of aromatic nitrogens is 3. The molecule has 11 heteroatoms. The van der Waals surface area contributed by atoms with Gasteiger partial charge in [0.05, 0.1) is 5.71 Å². The van der Waals surface area contributed by atoms with Crippen molar-refractivity contribution < 1.29 is 14.4 Å². The van der Waals surface area contributed by atoms with Gasteiger partial charge in [-0.15, -0.1) is 10.2 Å². The third-order valence-corrected chi connectivity index (χ3v) is 7.95. The highest BCUT2D eigenvalue weighted by Gasteiger charge is 2.28. The lowest BCUT2D eigenvalue weighted by Crippen LogP contribution is -2.26. The third kappa shape index (κ3) is 6.60. The Bertz CT molecular complexity index is 1530. The highest BCUT2D eigenvalue weighted by atomic mass is 35.5. The number of amides is 1. The van der Waals surface area contributed by atoms with Crippen LogP contribution in [-0.2, 0) is 11.4 Å². The van der Waals surface area contributed by atoms with Gasteiger partial charge >= 0.3 is 0 Å². The number of carbonyl (C=O) groups excluding carboxylic acids is 1. The molecule has 4 aromatic rings. The summed E-state index contributed by atoms with van der Waals surface area (Å²) in [5, 5.41) is 14.6. The van der Waals surface area contributed by atoms with Gasteiger partial charge in [-0.3, -0.25) is 10.2 Å². The van der Waals surface area contributed by atoms with Gasteiger partial charge < -0.3 is 9.57 Å². The maximum absolute atomic E-state index is 13.0. The van der Waals surface area contributed by atoms with Crippen LogP contribution in [-0.4, -0.2) is 32.2 Å². The van der Waals surface area contributed by atoms with E-state index in [4.69, 9.17) is 32.8 Å². The standard InChI is InChI=1S/C29H27Cl2N5O3S/c1-18(2)17-40-29-33-32-27(36(29)34-28(37)19-8-4-3-5-9-19)16-38-25-11-7-6-10-22(25)24-15-26(39-35-24)21-13-12-20(30)14-23(21)31/h3-14,18,26H,15-17H2,1-2H3,(H,34,37). The van der Waals surface area contributed by atoms with E-state index < -0.39 is 0 Å². The van der Waals surface area contributed by atoms with Crippen LogP contribution in [0.3, 0.4) is 0 Å². The van der Waals surface area contributed by atoms with Crippen LogP contribution in [0, 0.1) is 5.92 Å².